The fraction of sp³-hybridized carbons (Fsp3) is 0.545. The smallest absolute Gasteiger partial charge is 0.374 e. The summed E-state index contributed by atoms with van der Waals surface area (Å²) in [5.41, 5.74) is 0.588. The van der Waals surface area contributed by atoms with Crippen LogP contribution >= 0.6 is 15.9 Å². The summed E-state index contributed by atoms with van der Waals surface area (Å²) in [6, 6.07) is 3.52. The first kappa shape index (κ1) is 23.3. The first-order valence-electron chi connectivity index (χ1n) is 11.0. The van der Waals surface area contributed by atoms with Gasteiger partial charge in [0.2, 0.25) is 5.91 Å². The molecule has 2 aromatic rings. The lowest BCUT2D eigenvalue weighted by molar-refractivity contribution is -0.389. The normalized spacial score (nSPS) is 25.1. The minimum atomic E-state index is -0.629. The highest BCUT2D eigenvalue weighted by atomic mass is 79.9. The molecule has 0 spiro atoms. The number of carbonyl (C=O) groups is 1. The number of aromatic nitrogens is 3. The average molecular weight is 519 g/mol. The van der Waals surface area contributed by atoms with E-state index in [1.54, 1.807) is 24.5 Å². The number of hydrogen-bond donors (Lipinski definition) is 2. The van der Waals surface area contributed by atoms with E-state index in [0.717, 1.165) is 16.7 Å². The number of nitrogens with one attached hydrogen (secondary N) is 2. The lowest BCUT2D eigenvalue weighted by atomic mass is 9.45. The van der Waals surface area contributed by atoms with Crippen LogP contribution in [0, 0.1) is 33.3 Å². The Labute approximate surface area is 199 Å². The summed E-state index contributed by atoms with van der Waals surface area (Å²) in [5, 5.41) is 21.6. The van der Waals surface area contributed by atoms with Crippen LogP contribution < -0.4 is 16.2 Å². The Bertz CT molecular complexity index is 1140. The Morgan fingerprint density at radius 3 is 2.64 bits per heavy atom. The second-order valence-electron chi connectivity index (χ2n) is 9.57. The van der Waals surface area contributed by atoms with Crippen molar-refractivity contribution in [2.75, 3.05) is 5.32 Å². The molecule has 3 aliphatic carbocycles. The summed E-state index contributed by atoms with van der Waals surface area (Å²) in [6.45, 7) is 6.53. The highest BCUT2D eigenvalue weighted by Gasteiger charge is 2.56. The summed E-state index contributed by atoms with van der Waals surface area (Å²) in [4.78, 5) is 40.3. The zero-order valence-electron chi connectivity index (χ0n) is 18.7. The molecule has 176 valence electrons. The van der Waals surface area contributed by atoms with Gasteiger partial charge in [0.15, 0.2) is 5.69 Å². The molecule has 33 heavy (non-hydrogen) atoms. The summed E-state index contributed by atoms with van der Waals surface area (Å²) in [5.74, 6) is 0.425. The van der Waals surface area contributed by atoms with Crippen molar-refractivity contribution in [2.24, 2.45) is 23.2 Å². The first-order valence-corrected chi connectivity index (χ1v) is 11.8. The zero-order chi connectivity index (χ0) is 23.9. The Balaban J connectivity index is 1.52. The molecule has 0 aliphatic heterocycles. The molecule has 0 radical (unpaired) electrons. The molecule has 2 aromatic heterocycles. The van der Waals surface area contributed by atoms with Crippen LogP contribution in [0.4, 0.5) is 11.5 Å². The van der Waals surface area contributed by atoms with E-state index in [1.165, 1.54) is 6.42 Å². The van der Waals surface area contributed by atoms with Gasteiger partial charge in [-0.05, 0) is 74.6 Å². The molecule has 0 unspecified atom stereocenters. The molecule has 4 atom stereocenters. The molecular formula is C22H27BrN6O4. The van der Waals surface area contributed by atoms with Crippen LogP contribution in [0.15, 0.2) is 33.8 Å². The van der Waals surface area contributed by atoms with Crippen molar-refractivity contribution in [3.63, 3.8) is 0 Å². The molecule has 2 bridgehead atoms. The van der Waals surface area contributed by atoms with Crippen LogP contribution in [0.1, 0.15) is 39.2 Å². The fourth-order valence-corrected chi connectivity index (χ4v) is 5.81. The number of rotatable bonds is 7. The minimum absolute atomic E-state index is 0.0110. The maximum atomic E-state index is 12.9. The van der Waals surface area contributed by atoms with Crippen LogP contribution in [0.25, 0.3) is 0 Å². The predicted molar refractivity (Wildman–Crippen MR) is 126 cm³/mol. The molecule has 10 nitrogen and oxygen atoms in total. The monoisotopic (exact) mass is 518 g/mol. The van der Waals surface area contributed by atoms with Gasteiger partial charge in [-0.1, -0.05) is 20.8 Å². The molecule has 3 aliphatic rings. The summed E-state index contributed by atoms with van der Waals surface area (Å²) < 4.78 is 0.831. The third-order valence-electron chi connectivity index (χ3n) is 7.47. The van der Waals surface area contributed by atoms with E-state index in [0.29, 0.717) is 17.8 Å². The molecular weight excluding hydrogens is 492 g/mol. The standard InChI is InChI=1S/C22H27BrN6O4/c1-12-15-8-14(22(15,2)3)9-16(12)26-19-18(23)21(31)28(27-20(19)29(32)33)11-17(30)25-10-13-4-6-24-7-5-13/h4-7,12,14-16,26H,8-11H2,1-3H3,(H,25,30)/t12-,14+,15-,16-/m1/s1. The number of halogens is 1. The molecule has 3 fully saturated rings. The average Bonchev–Trinajstić information content (AvgIpc) is 2.78. The second kappa shape index (κ2) is 8.85. The molecule has 2 heterocycles. The van der Waals surface area contributed by atoms with Gasteiger partial charge in [-0.15, -0.1) is 4.68 Å². The van der Waals surface area contributed by atoms with Crippen molar-refractivity contribution < 1.29 is 9.72 Å². The maximum Gasteiger partial charge on any atom is 0.413 e. The van der Waals surface area contributed by atoms with Crippen LogP contribution in [0.3, 0.4) is 0 Å². The second-order valence-corrected chi connectivity index (χ2v) is 10.4. The van der Waals surface area contributed by atoms with Crippen molar-refractivity contribution in [3.8, 4) is 0 Å². The van der Waals surface area contributed by atoms with E-state index >= 15 is 0 Å². The van der Waals surface area contributed by atoms with E-state index in [9.17, 15) is 19.7 Å². The van der Waals surface area contributed by atoms with Crippen LogP contribution in [0.2, 0.25) is 0 Å². The third kappa shape index (κ3) is 4.38. The number of fused-ring (bicyclic) bond motifs is 2. The Morgan fingerprint density at radius 1 is 1.33 bits per heavy atom. The Morgan fingerprint density at radius 2 is 2.03 bits per heavy atom. The van der Waals surface area contributed by atoms with Crippen molar-refractivity contribution in [1.29, 1.82) is 0 Å². The topological polar surface area (TPSA) is 132 Å². The summed E-state index contributed by atoms with van der Waals surface area (Å²) in [6.07, 6.45) is 5.27. The van der Waals surface area contributed by atoms with Gasteiger partial charge in [-0.25, -0.2) is 0 Å². The highest BCUT2D eigenvalue weighted by molar-refractivity contribution is 9.10. The molecule has 1 amide bonds. The van der Waals surface area contributed by atoms with Gasteiger partial charge < -0.3 is 20.7 Å². The quantitative estimate of drug-likeness (QED) is 0.424. The third-order valence-corrected chi connectivity index (χ3v) is 8.21. The van der Waals surface area contributed by atoms with E-state index in [2.05, 4.69) is 57.4 Å². The number of amides is 1. The summed E-state index contributed by atoms with van der Waals surface area (Å²) >= 11 is 3.23. The minimum Gasteiger partial charge on any atom is -0.374 e. The van der Waals surface area contributed by atoms with Gasteiger partial charge in [0, 0.05) is 25.0 Å². The van der Waals surface area contributed by atoms with Crippen LogP contribution in [-0.4, -0.2) is 31.6 Å². The molecule has 0 aromatic carbocycles. The largest absolute Gasteiger partial charge is 0.413 e. The predicted octanol–water partition coefficient (Wildman–Crippen LogP) is 3.11. The number of pyridine rings is 1. The lowest BCUT2D eigenvalue weighted by Crippen LogP contribution is -2.58. The molecule has 3 saturated carbocycles. The van der Waals surface area contributed by atoms with Gasteiger partial charge in [0.1, 0.15) is 11.0 Å². The van der Waals surface area contributed by atoms with E-state index < -0.39 is 28.8 Å². The van der Waals surface area contributed by atoms with E-state index in [1.807, 2.05) is 0 Å². The van der Waals surface area contributed by atoms with Crippen molar-refractivity contribution in [2.45, 2.75) is 52.7 Å². The molecule has 2 N–H and O–H groups in total. The van der Waals surface area contributed by atoms with Gasteiger partial charge in [0.25, 0.3) is 0 Å². The van der Waals surface area contributed by atoms with Crippen molar-refractivity contribution >= 4 is 33.3 Å². The van der Waals surface area contributed by atoms with Gasteiger partial charge in [0.05, 0.1) is 5.10 Å². The Hall–Kier alpha value is -2.82. The number of nitrogens with zero attached hydrogens (tertiary/aromatic N) is 4. The first-order chi connectivity index (χ1) is 15.6. The zero-order valence-corrected chi connectivity index (χ0v) is 20.3. The van der Waals surface area contributed by atoms with E-state index in [-0.39, 0.29) is 28.2 Å². The molecule has 11 heteroatoms. The molecule has 5 rings (SSSR count). The number of carbonyl (C=O) groups excluding carboxylic acids is 1. The van der Waals surface area contributed by atoms with Gasteiger partial charge in [-0.2, -0.15) is 0 Å². The summed E-state index contributed by atoms with van der Waals surface area (Å²) in [7, 11) is 0. The molecule has 0 saturated heterocycles. The van der Waals surface area contributed by atoms with E-state index in [4.69, 9.17) is 0 Å². The SMILES string of the molecule is C[C@@H]1[C@H]2C[C@@H](C[C@H]1Nc1c([N+](=O)[O-])nn(CC(=O)NCc3ccncc3)c(=O)c1Br)C2(C)C. The Kier molecular flexibility index (Phi) is 6.26. The number of nitro groups is 1. The lowest BCUT2D eigenvalue weighted by Gasteiger charge is -2.62. The van der Waals surface area contributed by atoms with Crippen LogP contribution in [0.5, 0.6) is 0 Å². The van der Waals surface area contributed by atoms with Gasteiger partial charge in [-0.3, -0.25) is 14.6 Å². The van der Waals surface area contributed by atoms with Crippen molar-refractivity contribution in [3.05, 3.63) is 55.0 Å². The fourth-order valence-electron chi connectivity index (χ4n) is 5.31. The maximum absolute atomic E-state index is 12.9. The number of anilines is 1. The van der Waals surface area contributed by atoms with Crippen LogP contribution in [-0.2, 0) is 17.9 Å². The highest BCUT2D eigenvalue weighted by Crippen LogP contribution is 2.61. The van der Waals surface area contributed by atoms with Gasteiger partial charge >= 0.3 is 11.4 Å². The van der Waals surface area contributed by atoms with Crippen molar-refractivity contribution in [1.82, 2.24) is 20.1 Å². The number of hydrogen-bond acceptors (Lipinski definition) is 7.